The van der Waals surface area contributed by atoms with Gasteiger partial charge in [-0.25, -0.2) is 0 Å². The molecule has 3 amide bonds. The van der Waals surface area contributed by atoms with Crippen LogP contribution in [0.1, 0.15) is 24.0 Å². The first-order valence-corrected chi connectivity index (χ1v) is 12.6. The number of hydrogen-bond donors (Lipinski definition) is 0. The molecule has 2 fully saturated rings. The predicted octanol–water partition coefficient (Wildman–Crippen LogP) is 5.73. The molecule has 3 aromatic carbocycles. The van der Waals surface area contributed by atoms with E-state index in [-0.39, 0.29) is 17.4 Å². The topological polar surface area (TPSA) is 66.9 Å². The fourth-order valence-corrected chi connectivity index (χ4v) is 5.21. The van der Waals surface area contributed by atoms with Crippen molar-refractivity contribution in [3.05, 3.63) is 81.7 Å². The Balaban J connectivity index is 1.43. The molecule has 0 radical (unpaired) electrons. The van der Waals surface area contributed by atoms with E-state index in [9.17, 15) is 14.4 Å². The summed E-state index contributed by atoms with van der Waals surface area (Å²) < 4.78 is 6.13. The lowest BCUT2D eigenvalue weighted by atomic mass is 10.0. The van der Waals surface area contributed by atoms with Gasteiger partial charge < -0.3 is 9.64 Å². The zero-order chi connectivity index (χ0) is 24.4. The SMILES string of the molecule is O=C(CN1C(=O)S/C(=C\c2c(OCc3ccc(Cl)cc3)ccc3ccccc23)C1=O)N1CCCC1. The van der Waals surface area contributed by atoms with E-state index in [2.05, 4.69) is 0 Å². The standard InChI is InChI=1S/C27H23ClN2O4S/c28-20-10-7-18(8-11-20)17-34-23-12-9-19-5-1-2-6-21(19)22(23)15-24-26(32)30(27(33)35-24)16-25(31)29-13-3-4-14-29/h1-2,5-12,15H,3-4,13-14,16-17H2/b24-15-. The Kier molecular flexibility index (Phi) is 6.79. The third-order valence-electron chi connectivity index (χ3n) is 6.14. The van der Waals surface area contributed by atoms with E-state index in [1.54, 1.807) is 23.1 Å². The predicted molar refractivity (Wildman–Crippen MR) is 138 cm³/mol. The molecule has 0 spiro atoms. The fraction of sp³-hybridized carbons (Fsp3) is 0.222. The number of ether oxygens (including phenoxy) is 1. The Morgan fingerprint density at radius 2 is 1.74 bits per heavy atom. The Morgan fingerprint density at radius 1 is 1.00 bits per heavy atom. The van der Waals surface area contributed by atoms with Crippen LogP contribution >= 0.6 is 23.4 Å². The van der Waals surface area contributed by atoms with E-state index in [4.69, 9.17) is 16.3 Å². The average molecular weight is 507 g/mol. The van der Waals surface area contributed by atoms with Crippen molar-refractivity contribution in [1.29, 1.82) is 0 Å². The number of nitrogens with zero attached hydrogens (tertiary/aromatic N) is 2. The van der Waals surface area contributed by atoms with E-state index < -0.39 is 11.1 Å². The maximum Gasteiger partial charge on any atom is 0.294 e. The van der Waals surface area contributed by atoms with Gasteiger partial charge in [-0.1, -0.05) is 54.1 Å². The second-order valence-corrected chi connectivity index (χ2v) is 9.90. The van der Waals surface area contributed by atoms with Gasteiger partial charge in [-0.15, -0.1) is 0 Å². The highest BCUT2D eigenvalue weighted by Crippen LogP contribution is 2.37. The number of hydrogen-bond acceptors (Lipinski definition) is 5. The van der Waals surface area contributed by atoms with Crippen molar-refractivity contribution in [2.75, 3.05) is 19.6 Å². The quantitative estimate of drug-likeness (QED) is 0.399. The van der Waals surface area contributed by atoms with Crippen molar-refractivity contribution in [2.24, 2.45) is 0 Å². The van der Waals surface area contributed by atoms with Crippen LogP contribution in [-0.2, 0) is 16.2 Å². The minimum absolute atomic E-state index is 0.191. The summed E-state index contributed by atoms with van der Waals surface area (Å²) in [6.45, 7) is 1.45. The van der Waals surface area contributed by atoms with E-state index in [0.29, 0.717) is 36.0 Å². The average Bonchev–Trinajstić information content (AvgIpc) is 3.49. The van der Waals surface area contributed by atoms with Crippen molar-refractivity contribution in [2.45, 2.75) is 19.4 Å². The number of rotatable bonds is 6. The molecular formula is C27H23ClN2O4S. The summed E-state index contributed by atoms with van der Waals surface area (Å²) in [5.74, 6) is -0.0501. The molecule has 5 rings (SSSR count). The normalized spacial score (nSPS) is 17.1. The number of halogens is 1. The van der Waals surface area contributed by atoms with Gasteiger partial charge in [-0.05, 0) is 65.2 Å². The molecule has 0 unspecified atom stereocenters. The van der Waals surface area contributed by atoms with Crippen LogP contribution in [0.3, 0.4) is 0 Å². The lowest BCUT2D eigenvalue weighted by Gasteiger charge is -2.18. The van der Waals surface area contributed by atoms with E-state index in [0.717, 1.165) is 45.8 Å². The van der Waals surface area contributed by atoms with Crippen LogP contribution < -0.4 is 4.74 Å². The Morgan fingerprint density at radius 3 is 2.51 bits per heavy atom. The van der Waals surface area contributed by atoms with Crippen LogP contribution in [0, 0.1) is 0 Å². The first-order valence-electron chi connectivity index (χ1n) is 11.4. The molecule has 0 atom stereocenters. The zero-order valence-electron chi connectivity index (χ0n) is 18.9. The number of fused-ring (bicyclic) bond motifs is 1. The highest BCUT2D eigenvalue weighted by atomic mass is 35.5. The minimum atomic E-state index is -0.455. The number of thioether (sulfide) groups is 1. The number of imide groups is 1. The molecule has 2 aliphatic heterocycles. The molecule has 0 aromatic heterocycles. The Labute approximate surface area is 212 Å². The van der Waals surface area contributed by atoms with Gasteiger partial charge >= 0.3 is 0 Å². The lowest BCUT2D eigenvalue weighted by Crippen LogP contribution is -2.40. The van der Waals surface area contributed by atoms with Gasteiger partial charge in [0.1, 0.15) is 18.9 Å². The Hall–Kier alpha value is -3.29. The first-order chi connectivity index (χ1) is 17.0. The first kappa shape index (κ1) is 23.5. The van der Waals surface area contributed by atoms with E-state index >= 15 is 0 Å². The van der Waals surface area contributed by atoms with E-state index in [1.807, 2.05) is 48.5 Å². The van der Waals surface area contributed by atoms with Gasteiger partial charge in [0.2, 0.25) is 5.91 Å². The number of amides is 3. The summed E-state index contributed by atoms with van der Waals surface area (Å²) in [5.41, 5.74) is 1.67. The molecule has 0 saturated carbocycles. The van der Waals surface area contributed by atoms with Crippen LogP contribution in [-0.4, -0.2) is 46.5 Å². The molecule has 2 aliphatic rings. The summed E-state index contributed by atoms with van der Waals surface area (Å²) in [4.78, 5) is 41.3. The summed E-state index contributed by atoms with van der Waals surface area (Å²) in [7, 11) is 0. The number of benzene rings is 3. The fourth-order valence-electron chi connectivity index (χ4n) is 4.26. The monoisotopic (exact) mass is 506 g/mol. The molecule has 2 heterocycles. The summed E-state index contributed by atoms with van der Waals surface area (Å²) in [6, 6.07) is 19.0. The number of carbonyl (C=O) groups excluding carboxylic acids is 3. The van der Waals surface area contributed by atoms with E-state index in [1.165, 1.54) is 0 Å². The zero-order valence-corrected chi connectivity index (χ0v) is 20.5. The molecule has 178 valence electrons. The largest absolute Gasteiger partial charge is 0.488 e. The second kappa shape index (κ2) is 10.1. The molecule has 2 saturated heterocycles. The minimum Gasteiger partial charge on any atom is -0.488 e. The lowest BCUT2D eigenvalue weighted by molar-refractivity contribution is -0.135. The van der Waals surface area contributed by atoms with Crippen LogP contribution in [0.25, 0.3) is 16.8 Å². The van der Waals surface area contributed by atoms with Gasteiger partial charge in [0.05, 0.1) is 4.91 Å². The van der Waals surface area contributed by atoms with Crippen LogP contribution in [0.2, 0.25) is 5.02 Å². The van der Waals surface area contributed by atoms with Crippen LogP contribution in [0.4, 0.5) is 4.79 Å². The molecule has 6 nitrogen and oxygen atoms in total. The van der Waals surface area contributed by atoms with Gasteiger partial charge in [0, 0.05) is 23.7 Å². The van der Waals surface area contributed by atoms with Gasteiger partial charge in [-0.3, -0.25) is 19.3 Å². The van der Waals surface area contributed by atoms with Crippen molar-refractivity contribution < 1.29 is 19.1 Å². The van der Waals surface area contributed by atoms with Crippen LogP contribution in [0.5, 0.6) is 5.75 Å². The van der Waals surface area contributed by atoms with Crippen molar-refractivity contribution >= 4 is 57.3 Å². The van der Waals surface area contributed by atoms with Crippen molar-refractivity contribution in [3.8, 4) is 5.75 Å². The maximum atomic E-state index is 13.1. The number of likely N-dealkylation sites (tertiary alicyclic amines) is 1. The molecular weight excluding hydrogens is 484 g/mol. The maximum absolute atomic E-state index is 13.1. The summed E-state index contributed by atoms with van der Waals surface area (Å²) in [5, 5.41) is 2.11. The van der Waals surface area contributed by atoms with Gasteiger partial charge in [-0.2, -0.15) is 0 Å². The highest BCUT2D eigenvalue weighted by Gasteiger charge is 2.37. The molecule has 0 N–H and O–H groups in total. The highest BCUT2D eigenvalue weighted by molar-refractivity contribution is 8.18. The summed E-state index contributed by atoms with van der Waals surface area (Å²) in [6.07, 6.45) is 3.60. The third kappa shape index (κ3) is 5.06. The summed E-state index contributed by atoms with van der Waals surface area (Å²) >= 11 is 6.83. The van der Waals surface area contributed by atoms with Crippen LogP contribution in [0.15, 0.2) is 65.6 Å². The smallest absolute Gasteiger partial charge is 0.294 e. The van der Waals surface area contributed by atoms with Crippen molar-refractivity contribution in [1.82, 2.24) is 9.80 Å². The molecule has 0 aliphatic carbocycles. The second-order valence-electron chi connectivity index (χ2n) is 8.47. The van der Waals surface area contributed by atoms with Gasteiger partial charge in [0.25, 0.3) is 11.1 Å². The third-order valence-corrected chi connectivity index (χ3v) is 7.30. The molecule has 0 bridgehead atoms. The molecule has 35 heavy (non-hydrogen) atoms. The Bertz CT molecular complexity index is 1330. The van der Waals surface area contributed by atoms with Crippen molar-refractivity contribution in [3.63, 3.8) is 0 Å². The van der Waals surface area contributed by atoms with Gasteiger partial charge in [0.15, 0.2) is 0 Å². The molecule has 3 aromatic rings. The molecule has 8 heteroatoms. The number of carbonyl (C=O) groups is 3.